The first-order valence-corrected chi connectivity index (χ1v) is 13.1. The van der Waals surface area contributed by atoms with E-state index in [0.717, 1.165) is 5.56 Å². The molecule has 0 unspecified atom stereocenters. The van der Waals surface area contributed by atoms with Gasteiger partial charge in [0.15, 0.2) is 11.6 Å². The molecule has 3 aromatic rings. The van der Waals surface area contributed by atoms with Crippen molar-refractivity contribution in [2.24, 2.45) is 5.41 Å². The fourth-order valence-electron chi connectivity index (χ4n) is 5.05. The number of nitrogens with zero attached hydrogens (tertiary/aromatic N) is 3. The van der Waals surface area contributed by atoms with Gasteiger partial charge in [-0.1, -0.05) is 44.2 Å². The largest absolute Gasteiger partial charge is 0.435 e. The van der Waals surface area contributed by atoms with Crippen molar-refractivity contribution in [2.75, 3.05) is 40.4 Å². The van der Waals surface area contributed by atoms with Crippen LogP contribution in [-0.2, 0) is 9.53 Å². The van der Waals surface area contributed by atoms with E-state index in [1.165, 1.54) is 11.0 Å². The summed E-state index contributed by atoms with van der Waals surface area (Å²) < 4.78 is 26.3. The number of aromatic nitrogens is 1. The van der Waals surface area contributed by atoms with Crippen molar-refractivity contribution >= 4 is 17.8 Å². The number of pyridine rings is 1. The summed E-state index contributed by atoms with van der Waals surface area (Å²) in [6.07, 6.45) is 0. The number of urea groups is 1. The lowest BCUT2D eigenvalue weighted by molar-refractivity contribution is -0.129. The van der Waals surface area contributed by atoms with Crippen molar-refractivity contribution in [2.45, 2.75) is 19.8 Å². The lowest BCUT2D eigenvalue weighted by Gasteiger charge is -2.37. The molecule has 0 spiro atoms. The summed E-state index contributed by atoms with van der Waals surface area (Å²) in [5.74, 6) is -1.62. The van der Waals surface area contributed by atoms with Crippen LogP contribution in [0, 0.1) is 11.2 Å². The standard InChI is InChI=1S/C30H31FN4O5/c1-30(2,28(37)33-29(38)34(3)4)24-20-6-5-7-22(31)25(20)40-26-21(24)12-13-23(32-26)18-8-10-19(11-9-18)27(36)35-14-16-39-17-15-35/h5-13,24H,14-17H2,1-4H3,(H,33,37,38)/t24-/m0/s1. The van der Waals surface area contributed by atoms with Crippen LogP contribution in [-0.4, -0.2) is 73.0 Å². The van der Waals surface area contributed by atoms with Crippen molar-refractivity contribution in [1.29, 1.82) is 0 Å². The number of benzene rings is 2. The van der Waals surface area contributed by atoms with Gasteiger partial charge in [0.05, 0.1) is 24.3 Å². The summed E-state index contributed by atoms with van der Waals surface area (Å²) in [7, 11) is 3.08. The summed E-state index contributed by atoms with van der Waals surface area (Å²) in [4.78, 5) is 46.1. The van der Waals surface area contributed by atoms with Crippen LogP contribution in [0.2, 0.25) is 0 Å². The molecule has 40 heavy (non-hydrogen) atoms. The number of halogens is 1. The van der Waals surface area contributed by atoms with Gasteiger partial charge in [0, 0.05) is 55.4 Å². The first kappa shape index (κ1) is 27.3. The number of morpholine rings is 1. The van der Waals surface area contributed by atoms with Crippen LogP contribution >= 0.6 is 0 Å². The van der Waals surface area contributed by atoms with E-state index < -0.39 is 29.1 Å². The van der Waals surface area contributed by atoms with E-state index in [1.54, 1.807) is 63.2 Å². The number of fused-ring (bicyclic) bond motifs is 2. The lowest BCUT2D eigenvalue weighted by Crippen LogP contribution is -2.47. The maximum Gasteiger partial charge on any atom is 0.323 e. The Labute approximate surface area is 231 Å². The smallest absolute Gasteiger partial charge is 0.323 e. The molecule has 2 aliphatic rings. The third-order valence-electron chi connectivity index (χ3n) is 7.37. The van der Waals surface area contributed by atoms with Crippen molar-refractivity contribution in [1.82, 2.24) is 20.1 Å². The molecule has 0 bridgehead atoms. The van der Waals surface area contributed by atoms with Crippen LogP contribution < -0.4 is 10.1 Å². The van der Waals surface area contributed by atoms with Gasteiger partial charge in [-0.3, -0.25) is 14.9 Å². The molecule has 1 saturated heterocycles. The maximum atomic E-state index is 15.0. The van der Waals surface area contributed by atoms with E-state index in [1.807, 2.05) is 18.2 Å². The molecule has 2 aliphatic heterocycles. The Hall–Kier alpha value is -4.31. The molecule has 9 nitrogen and oxygen atoms in total. The maximum absolute atomic E-state index is 15.0. The van der Waals surface area contributed by atoms with Gasteiger partial charge >= 0.3 is 6.03 Å². The van der Waals surface area contributed by atoms with E-state index in [-0.39, 0.29) is 17.5 Å². The minimum absolute atomic E-state index is 0.00378. The number of hydrogen-bond acceptors (Lipinski definition) is 6. The van der Waals surface area contributed by atoms with Crippen molar-refractivity contribution in [3.63, 3.8) is 0 Å². The quantitative estimate of drug-likeness (QED) is 0.520. The van der Waals surface area contributed by atoms with Crippen LogP contribution in [0.3, 0.4) is 0 Å². The highest BCUT2D eigenvalue weighted by Gasteiger charge is 2.45. The minimum Gasteiger partial charge on any atom is -0.435 e. The number of amides is 4. The van der Waals surface area contributed by atoms with Crippen molar-refractivity contribution < 1.29 is 28.2 Å². The number of imide groups is 1. The summed E-state index contributed by atoms with van der Waals surface area (Å²) in [6.45, 7) is 5.58. The van der Waals surface area contributed by atoms with Crippen molar-refractivity contribution in [3.8, 4) is 22.9 Å². The highest BCUT2D eigenvalue weighted by molar-refractivity contribution is 5.98. The van der Waals surface area contributed by atoms with E-state index in [9.17, 15) is 18.8 Å². The summed E-state index contributed by atoms with van der Waals surface area (Å²) in [5.41, 5.74) is 1.79. The summed E-state index contributed by atoms with van der Waals surface area (Å²) in [6, 6.07) is 14.8. The Bertz CT molecular complexity index is 1470. The Morgan fingerprint density at radius 1 is 1.00 bits per heavy atom. The Morgan fingerprint density at radius 3 is 2.38 bits per heavy atom. The number of nitrogens with one attached hydrogen (secondary N) is 1. The highest BCUT2D eigenvalue weighted by atomic mass is 19.1. The number of rotatable bonds is 4. The molecule has 208 valence electrons. The molecule has 0 saturated carbocycles. The second-order valence-corrected chi connectivity index (χ2v) is 10.6. The van der Waals surface area contributed by atoms with Gasteiger partial charge in [-0.25, -0.2) is 14.2 Å². The van der Waals surface area contributed by atoms with Gasteiger partial charge in [0.2, 0.25) is 11.8 Å². The van der Waals surface area contributed by atoms with Crippen LogP contribution in [0.1, 0.15) is 41.3 Å². The molecular formula is C30H31FN4O5. The number of para-hydroxylation sites is 1. The average molecular weight is 547 g/mol. The van der Waals surface area contributed by atoms with Crippen molar-refractivity contribution in [3.05, 3.63) is 77.1 Å². The predicted molar refractivity (Wildman–Crippen MR) is 146 cm³/mol. The zero-order valence-electron chi connectivity index (χ0n) is 22.9. The van der Waals surface area contributed by atoms with Crippen LogP contribution in [0.15, 0.2) is 54.6 Å². The lowest BCUT2D eigenvalue weighted by atomic mass is 9.69. The zero-order valence-corrected chi connectivity index (χ0v) is 22.9. The normalized spacial score (nSPS) is 16.3. The van der Waals surface area contributed by atoms with E-state index in [4.69, 9.17) is 14.5 Å². The zero-order chi connectivity index (χ0) is 28.6. The molecule has 1 atom stereocenters. The predicted octanol–water partition coefficient (Wildman–Crippen LogP) is 4.42. The topological polar surface area (TPSA) is 101 Å². The molecule has 2 aromatic carbocycles. The minimum atomic E-state index is -1.17. The molecule has 3 heterocycles. The second kappa shape index (κ2) is 10.7. The highest BCUT2D eigenvalue weighted by Crippen LogP contribution is 2.52. The van der Waals surface area contributed by atoms with Gasteiger partial charge in [-0.15, -0.1) is 0 Å². The van der Waals surface area contributed by atoms with Gasteiger partial charge in [0.1, 0.15) is 0 Å². The van der Waals surface area contributed by atoms with Gasteiger partial charge in [-0.2, -0.15) is 0 Å². The van der Waals surface area contributed by atoms with Crippen LogP contribution in [0.5, 0.6) is 11.6 Å². The van der Waals surface area contributed by atoms with E-state index in [0.29, 0.717) is 48.7 Å². The van der Waals surface area contributed by atoms with Gasteiger partial charge in [-0.05, 0) is 24.3 Å². The summed E-state index contributed by atoms with van der Waals surface area (Å²) >= 11 is 0. The van der Waals surface area contributed by atoms with E-state index in [2.05, 4.69) is 5.32 Å². The van der Waals surface area contributed by atoms with Crippen LogP contribution in [0.4, 0.5) is 9.18 Å². The number of ether oxygens (including phenoxy) is 2. The molecule has 1 fully saturated rings. The van der Waals surface area contributed by atoms with Crippen LogP contribution in [0.25, 0.3) is 11.3 Å². The Morgan fingerprint density at radius 2 is 1.70 bits per heavy atom. The van der Waals surface area contributed by atoms with Gasteiger partial charge in [0.25, 0.3) is 5.91 Å². The Balaban J connectivity index is 1.49. The number of carbonyl (C=O) groups excluding carboxylic acids is 3. The van der Waals surface area contributed by atoms with E-state index >= 15 is 0 Å². The molecule has 0 radical (unpaired) electrons. The third-order valence-corrected chi connectivity index (χ3v) is 7.37. The SMILES string of the molecule is CN(C)C(=O)NC(=O)C(C)(C)[C@@H]1c2ccc(-c3ccc(C(=O)N4CCOCC4)cc3)nc2Oc2c(F)cccc21. The number of hydrogen-bond donors (Lipinski definition) is 1. The third kappa shape index (κ3) is 5.02. The average Bonchev–Trinajstić information content (AvgIpc) is 2.96. The Kier molecular flexibility index (Phi) is 7.29. The first-order chi connectivity index (χ1) is 19.1. The molecule has 1 aromatic heterocycles. The molecule has 0 aliphatic carbocycles. The fraction of sp³-hybridized carbons (Fsp3) is 0.333. The number of carbonyl (C=O) groups is 3. The molecule has 4 amide bonds. The molecular weight excluding hydrogens is 515 g/mol. The molecule has 10 heteroatoms. The molecule has 1 N–H and O–H groups in total. The van der Waals surface area contributed by atoms with Gasteiger partial charge < -0.3 is 19.3 Å². The monoisotopic (exact) mass is 546 g/mol. The summed E-state index contributed by atoms with van der Waals surface area (Å²) in [5, 5.41) is 2.42. The molecule has 5 rings (SSSR count). The fourth-order valence-corrected chi connectivity index (χ4v) is 5.05. The first-order valence-electron chi connectivity index (χ1n) is 13.1. The second-order valence-electron chi connectivity index (χ2n) is 10.6.